The third-order valence-electron chi connectivity index (χ3n) is 11.7. The molecule has 0 heterocycles. The maximum Gasteiger partial charge on any atom is 0.309 e. The number of unbranched alkanes of at least 4 members (excludes halogenated alkanes) is 18. The van der Waals surface area contributed by atoms with Crippen molar-refractivity contribution in [3.05, 3.63) is 59.7 Å². The van der Waals surface area contributed by atoms with Crippen LogP contribution in [0.25, 0.3) is 0 Å². The van der Waals surface area contributed by atoms with E-state index in [-0.39, 0.29) is 65.7 Å². The fraction of sp³-hybridized carbons (Fsp3) is 0.714. The van der Waals surface area contributed by atoms with Crippen molar-refractivity contribution < 1.29 is 57.8 Å². The number of hydrogen-bond donors (Lipinski definition) is 2. The number of rotatable bonds is 42. The molecule has 0 aliphatic rings. The normalized spacial score (nSPS) is 11.7. The minimum absolute atomic E-state index is 0.00655. The van der Waals surface area contributed by atoms with Gasteiger partial charge in [-0.15, -0.1) is 0 Å². The van der Waals surface area contributed by atoms with Gasteiger partial charge in [-0.25, -0.2) is 0 Å². The number of aryl methyl sites for hydroxylation is 2. The van der Waals surface area contributed by atoms with Crippen molar-refractivity contribution in [2.75, 3.05) is 52.9 Å². The molecule has 12 heteroatoms. The van der Waals surface area contributed by atoms with Gasteiger partial charge >= 0.3 is 23.9 Å². The van der Waals surface area contributed by atoms with Crippen molar-refractivity contribution >= 4 is 23.9 Å². The second-order valence-corrected chi connectivity index (χ2v) is 17.9. The largest absolute Gasteiger partial charge is 0.490 e. The topological polar surface area (TPSA) is 164 Å². The molecule has 0 spiro atoms. The van der Waals surface area contributed by atoms with Gasteiger partial charge in [0.2, 0.25) is 0 Å². The molecule has 0 aliphatic carbocycles. The van der Waals surface area contributed by atoms with Gasteiger partial charge in [-0.1, -0.05) is 174 Å². The minimum Gasteiger partial charge on any atom is -0.490 e. The molecule has 0 fully saturated rings. The van der Waals surface area contributed by atoms with Gasteiger partial charge in [0.15, 0.2) is 0 Å². The van der Waals surface area contributed by atoms with Crippen molar-refractivity contribution in [1.82, 2.24) is 0 Å². The number of carbonyl (C=O) groups is 4. The second kappa shape index (κ2) is 44.1. The van der Waals surface area contributed by atoms with Crippen molar-refractivity contribution in [1.29, 1.82) is 0 Å². The van der Waals surface area contributed by atoms with Crippen LogP contribution in [0, 0.1) is 11.8 Å². The Kier molecular flexibility index (Phi) is 40.1. The number of hydrogen-bond acceptors (Lipinski definition) is 12. The first kappa shape index (κ1) is 61.9. The molecule has 2 N–H and O–H groups in total. The van der Waals surface area contributed by atoms with E-state index in [2.05, 4.69) is 45.0 Å². The smallest absolute Gasteiger partial charge is 0.309 e. The number of benzene rings is 2. The molecule has 2 aromatic rings. The summed E-state index contributed by atoms with van der Waals surface area (Å²) in [7, 11) is 0. The third-order valence-corrected chi connectivity index (χ3v) is 11.7. The van der Waals surface area contributed by atoms with E-state index >= 15 is 0 Å². The van der Waals surface area contributed by atoms with Gasteiger partial charge in [0.25, 0.3) is 0 Å². The SMILES string of the molecule is CCCCCCCCCc1ccc(OCCOC(=O)C(C)CC(=O)OCCO)cc1.CCCCCCCCCc1ccc(OCCOC(=O)CC(CCCCCCCCC)C(=O)OCCO)cc1. The van der Waals surface area contributed by atoms with Crippen molar-refractivity contribution in [2.24, 2.45) is 11.8 Å². The Bertz CT molecular complexity index is 1510. The van der Waals surface area contributed by atoms with Gasteiger partial charge in [0, 0.05) is 0 Å². The Morgan fingerprint density at radius 1 is 0.426 bits per heavy atom. The Morgan fingerprint density at radius 3 is 1.25 bits per heavy atom. The molecular formula is C56H92O12. The predicted octanol–water partition coefficient (Wildman–Crippen LogP) is 12.0. The summed E-state index contributed by atoms with van der Waals surface area (Å²) in [6, 6.07) is 16.2. The molecule has 388 valence electrons. The first-order valence-electron chi connectivity index (χ1n) is 26.5. The summed E-state index contributed by atoms with van der Waals surface area (Å²) < 4.78 is 31.6. The van der Waals surface area contributed by atoms with E-state index in [9.17, 15) is 19.2 Å². The third kappa shape index (κ3) is 35.0. The standard InChI is InChI=1S/C32H54O6.C24H38O6/c1-3-5-7-9-11-13-15-17-28-19-21-30(22-20-28)36-25-26-37-31(34)27-29(32(35)38-24-23-33)18-16-14-12-10-8-6-4-2;1-3-4-5-6-7-8-9-10-21-11-13-22(14-12-21)28-17-18-30-24(27)20(2)19-23(26)29-16-15-25/h19-22,29,33H,3-18,23-27H2,1-2H3;11-14,20,25H,3-10,15-19H2,1-2H3. The predicted molar refractivity (Wildman–Crippen MR) is 270 cm³/mol. The summed E-state index contributed by atoms with van der Waals surface area (Å²) in [6.45, 7) is 8.49. The van der Waals surface area contributed by atoms with Crippen molar-refractivity contribution in [3.8, 4) is 11.5 Å². The van der Waals surface area contributed by atoms with Gasteiger partial charge in [0.05, 0.1) is 37.9 Å². The van der Waals surface area contributed by atoms with Crippen molar-refractivity contribution in [2.45, 2.75) is 195 Å². The van der Waals surface area contributed by atoms with E-state index in [4.69, 9.17) is 38.6 Å². The first-order valence-corrected chi connectivity index (χ1v) is 26.5. The molecule has 12 nitrogen and oxygen atoms in total. The number of esters is 4. The monoisotopic (exact) mass is 957 g/mol. The van der Waals surface area contributed by atoms with Gasteiger partial charge < -0.3 is 38.6 Å². The van der Waals surface area contributed by atoms with Crippen LogP contribution >= 0.6 is 0 Å². The molecule has 0 saturated carbocycles. The summed E-state index contributed by atoms with van der Waals surface area (Å²) in [4.78, 5) is 48.0. The number of aliphatic hydroxyl groups excluding tert-OH is 2. The second-order valence-electron chi connectivity index (χ2n) is 17.9. The fourth-order valence-corrected chi connectivity index (χ4v) is 7.56. The van der Waals surface area contributed by atoms with Crippen LogP contribution in [-0.4, -0.2) is 86.9 Å². The lowest BCUT2D eigenvalue weighted by Crippen LogP contribution is -2.24. The van der Waals surface area contributed by atoms with Crippen LogP contribution in [0.15, 0.2) is 48.5 Å². The average molecular weight is 957 g/mol. The zero-order chi connectivity index (χ0) is 49.7. The summed E-state index contributed by atoms with van der Waals surface area (Å²) >= 11 is 0. The summed E-state index contributed by atoms with van der Waals surface area (Å²) in [5.41, 5.74) is 2.63. The molecule has 2 atom stereocenters. The van der Waals surface area contributed by atoms with Crippen molar-refractivity contribution in [3.63, 3.8) is 0 Å². The highest BCUT2D eigenvalue weighted by Crippen LogP contribution is 2.20. The highest BCUT2D eigenvalue weighted by molar-refractivity contribution is 5.80. The van der Waals surface area contributed by atoms with E-state index in [1.54, 1.807) is 6.92 Å². The highest BCUT2D eigenvalue weighted by Gasteiger charge is 2.24. The number of ether oxygens (including phenoxy) is 6. The molecule has 2 aromatic carbocycles. The van der Waals surface area contributed by atoms with E-state index in [1.165, 1.54) is 127 Å². The van der Waals surface area contributed by atoms with Crippen LogP contribution in [0.3, 0.4) is 0 Å². The lowest BCUT2D eigenvalue weighted by molar-refractivity contribution is -0.156. The molecule has 0 aromatic heterocycles. The zero-order valence-corrected chi connectivity index (χ0v) is 42.8. The highest BCUT2D eigenvalue weighted by atomic mass is 16.6. The number of carbonyl (C=O) groups excluding carboxylic acids is 4. The van der Waals surface area contributed by atoms with Gasteiger partial charge in [-0.05, 0) is 67.5 Å². The molecule has 0 radical (unpaired) electrons. The van der Waals surface area contributed by atoms with Crippen LogP contribution in [0.5, 0.6) is 11.5 Å². The maximum absolute atomic E-state index is 12.4. The van der Waals surface area contributed by atoms with Crippen LogP contribution in [-0.2, 0) is 51.0 Å². The van der Waals surface area contributed by atoms with Crippen LogP contribution in [0.4, 0.5) is 0 Å². The van der Waals surface area contributed by atoms with Crippen LogP contribution in [0.1, 0.15) is 193 Å². The van der Waals surface area contributed by atoms with Gasteiger partial charge in [-0.2, -0.15) is 0 Å². The maximum atomic E-state index is 12.4. The lowest BCUT2D eigenvalue weighted by Gasteiger charge is -2.15. The molecule has 0 aliphatic heterocycles. The van der Waals surface area contributed by atoms with E-state index < -0.39 is 35.7 Å². The van der Waals surface area contributed by atoms with Gasteiger partial charge in [0.1, 0.15) is 51.1 Å². The molecule has 0 bridgehead atoms. The Labute approximate surface area is 410 Å². The summed E-state index contributed by atoms with van der Waals surface area (Å²) in [6.07, 6.45) is 29.0. The molecular weight excluding hydrogens is 865 g/mol. The Balaban J connectivity index is 0.000000699. The fourth-order valence-electron chi connectivity index (χ4n) is 7.56. The van der Waals surface area contributed by atoms with Crippen LogP contribution in [0.2, 0.25) is 0 Å². The van der Waals surface area contributed by atoms with Crippen LogP contribution < -0.4 is 9.47 Å². The zero-order valence-electron chi connectivity index (χ0n) is 42.8. The number of aliphatic hydroxyl groups is 2. The van der Waals surface area contributed by atoms with Gasteiger partial charge in [-0.3, -0.25) is 19.2 Å². The summed E-state index contributed by atoms with van der Waals surface area (Å²) in [5, 5.41) is 17.6. The Hall–Kier alpha value is -4.16. The molecule has 0 saturated heterocycles. The molecule has 2 unspecified atom stereocenters. The Morgan fingerprint density at radius 2 is 0.794 bits per heavy atom. The molecule has 2 rings (SSSR count). The molecule has 68 heavy (non-hydrogen) atoms. The van der Waals surface area contributed by atoms with E-state index in [1.807, 2.05) is 24.3 Å². The average Bonchev–Trinajstić information content (AvgIpc) is 3.34. The van der Waals surface area contributed by atoms with E-state index in [0.29, 0.717) is 6.42 Å². The van der Waals surface area contributed by atoms with E-state index in [0.717, 1.165) is 43.6 Å². The molecule has 0 amide bonds. The minimum atomic E-state index is -0.595. The summed E-state index contributed by atoms with van der Waals surface area (Å²) in [5.74, 6) is -1.48. The lowest BCUT2D eigenvalue weighted by atomic mass is 9.97. The first-order chi connectivity index (χ1) is 33.2. The quantitative estimate of drug-likeness (QED) is 0.0368.